The molecule has 0 bridgehead atoms. The van der Waals surface area contributed by atoms with Crippen molar-refractivity contribution < 1.29 is 18.4 Å². The molecule has 0 aliphatic rings. The highest BCUT2D eigenvalue weighted by atomic mass is 79.9. The van der Waals surface area contributed by atoms with E-state index in [1.165, 1.54) is 12.1 Å². The van der Waals surface area contributed by atoms with Crippen molar-refractivity contribution in [3.8, 4) is 0 Å². The monoisotopic (exact) mass is 341 g/mol. The molecule has 1 N–H and O–H groups in total. The van der Waals surface area contributed by atoms with E-state index >= 15 is 0 Å². The summed E-state index contributed by atoms with van der Waals surface area (Å²) < 4.78 is 18.8. The Hall–Kier alpha value is -1.66. The number of benzene rings is 1. The minimum Gasteiger partial charge on any atom is -0.469 e. The zero-order valence-corrected chi connectivity index (χ0v) is 12.2. The number of halogens is 2. The smallest absolute Gasteiger partial charge is 0.274 e. The van der Waals surface area contributed by atoms with Crippen LogP contribution in [0.3, 0.4) is 0 Å². The molecule has 0 saturated heterocycles. The Morgan fingerprint density at radius 3 is 2.95 bits per heavy atom. The van der Waals surface area contributed by atoms with Crippen molar-refractivity contribution in [1.29, 1.82) is 0 Å². The summed E-state index contributed by atoms with van der Waals surface area (Å²) in [6.45, 7) is 0.350. The molecule has 2 rings (SSSR count). The lowest BCUT2D eigenvalue weighted by Gasteiger charge is -2.06. The Labute approximate surface area is 124 Å². The van der Waals surface area contributed by atoms with Crippen LogP contribution < -0.4 is 5.48 Å². The normalized spacial score (nSPS) is 10.5. The Morgan fingerprint density at radius 1 is 1.40 bits per heavy atom. The molecule has 1 heterocycles. The SMILES string of the molecule is O=C(NOCCCc1ccco1)c1cc(F)cc(Br)c1. The summed E-state index contributed by atoms with van der Waals surface area (Å²) in [7, 11) is 0. The van der Waals surface area contributed by atoms with Gasteiger partial charge in [-0.3, -0.25) is 9.63 Å². The van der Waals surface area contributed by atoms with Gasteiger partial charge < -0.3 is 4.42 Å². The zero-order valence-electron chi connectivity index (χ0n) is 10.6. The molecule has 0 unspecified atom stereocenters. The fraction of sp³-hybridized carbons (Fsp3) is 0.214. The highest BCUT2D eigenvalue weighted by Crippen LogP contribution is 2.14. The molecule has 4 nitrogen and oxygen atoms in total. The number of nitrogens with one attached hydrogen (secondary N) is 1. The van der Waals surface area contributed by atoms with Gasteiger partial charge in [-0.1, -0.05) is 15.9 Å². The van der Waals surface area contributed by atoms with Crippen molar-refractivity contribution in [2.75, 3.05) is 6.61 Å². The molecule has 0 spiro atoms. The van der Waals surface area contributed by atoms with Gasteiger partial charge in [0, 0.05) is 16.5 Å². The Kier molecular flexibility index (Phi) is 5.31. The number of carbonyl (C=O) groups is 1. The van der Waals surface area contributed by atoms with E-state index in [0.717, 1.165) is 18.2 Å². The molecule has 6 heteroatoms. The summed E-state index contributed by atoms with van der Waals surface area (Å²) >= 11 is 3.13. The first kappa shape index (κ1) is 14.7. The van der Waals surface area contributed by atoms with Gasteiger partial charge in [0.15, 0.2) is 0 Å². The topological polar surface area (TPSA) is 51.5 Å². The average Bonchev–Trinajstić information content (AvgIpc) is 2.90. The van der Waals surface area contributed by atoms with Crippen LogP contribution in [-0.2, 0) is 11.3 Å². The van der Waals surface area contributed by atoms with E-state index in [4.69, 9.17) is 9.25 Å². The van der Waals surface area contributed by atoms with Gasteiger partial charge >= 0.3 is 0 Å². The van der Waals surface area contributed by atoms with Crippen LogP contribution in [0.1, 0.15) is 22.5 Å². The molecule has 1 amide bonds. The molecular weight excluding hydrogens is 329 g/mol. The highest BCUT2D eigenvalue weighted by molar-refractivity contribution is 9.10. The van der Waals surface area contributed by atoms with Gasteiger partial charge in [-0.25, -0.2) is 9.87 Å². The van der Waals surface area contributed by atoms with E-state index in [1.54, 1.807) is 6.26 Å². The fourth-order valence-corrected chi connectivity index (χ4v) is 2.10. The number of rotatable bonds is 6. The van der Waals surface area contributed by atoms with Gasteiger partial charge in [0.2, 0.25) is 0 Å². The highest BCUT2D eigenvalue weighted by Gasteiger charge is 2.08. The fourth-order valence-electron chi connectivity index (χ4n) is 1.63. The number of amides is 1. The molecule has 2 aromatic rings. The molecule has 1 aromatic carbocycles. The summed E-state index contributed by atoms with van der Waals surface area (Å²) in [6, 6.07) is 7.64. The van der Waals surface area contributed by atoms with E-state index in [0.29, 0.717) is 17.5 Å². The number of carbonyl (C=O) groups excluding carboxylic acids is 1. The quantitative estimate of drug-likeness (QED) is 0.646. The maximum absolute atomic E-state index is 13.1. The predicted molar refractivity (Wildman–Crippen MR) is 74.5 cm³/mol. The largest absolute Gasteiger partial charge is 0.469 e. The summed E-state index contributed by atoms with van der Waals surface area (Å²) in [4.78, 5) is 16.7. The van der Waals surface area contributed by atoms with Crippen molar-refractivity contribution in [2.45, 2.75) is 12.8 Å². The Morgan fingerprint density at radius 2 is 2.25 bits per heavy atom. The minimum atomic E-state index is -0.484. The van der Waals surface area contributed by atoms with Gasteiger partial charge in [-0.2, -0.15) is 0 Å². The van der Waals surface area contributed by atoms with Crippen LogP contribution in [0.2, 0.25) is 0 Å². The maximum atomic E-state index is 13.1. The summed E-state index contributed by atoms with van der Waals surface area (Å²) in [5.74, 6) is -0.0977. The summed E-state index contributed by atoms with van der Waals surface area (Å²) in [5, 5.41) is 0. The Bertz CT molecular complexity index is 552. The second-order valence-corrected chi connectivity index (χ2v) is 5.04. The van der Waals surface area contributed by atoms with E-state index in [1.807, 2.05) is 12.1 Å². The second kappa shape index (κ2) is 7.21. The van der Waals surface area contributed by atoms with Crippen LogP contribution in [0.5, 0.6) is 0 Å². The van der Waals surface area contributed by atoms with Gasteiger partial charge in [0.05, 0.1) is 12.9 Å². The van der Waals surface area contributed by atoms with Crippen LogP contribution in [0.4, 0.5) is 4.39 Å². The van der Waals surface area contributed by atoms with Crippen molar-refractivity contribution in [1.82, 2.24) is 5.48 Å². The second-order valence-electron chi connectivity index (χ2n) is 4.12. The third-order valence-electron chi connectivity index (χ3n) is 2.54. The lowest BCUT2D eigenvalue weighted by Crippen LogP contribution is -2.24. The molecule has 20 heavy (non-hydrogen) atoms. The lowest BCUT2D eigenvalue weighted by atomic mass is 10.2. The van der Waals surface area contributed by atoms with Crippen molar-refractivity contribution >= 4 is 21.8 Å². The molecule has 1 aromatic heterocycles. The van der Waals surface area contributed by atoms with E-state index in [-0.39, 0.29) is 5.56 Å². The first-order valence-corrected chi connectivity index (χ1v) is 6.85. The molecule has 0 atom stereocenters. The standard InChI is InChI=1S/C14H13BrFNO3/c15-11-7-10(8-12(16)9-11)14(18)17-20-6-2-4-13-3-1-5-19-13/h1,3,5,7-9H,2,4,6H2,(H,17,18). The van der Waals surface area contributed by atoms with Crippen molar-refractivity contribution in [3.05, 3.63) is 58.2 Å². The van der Waals surface area contributed by atoms with Gasteiger partial charge in [-0.15, -0.1) is 0 Å². The zero-order chi connectivity index (χ0) is 14.4. The van der Waals surface area contributed by atoms with Gasteiger partial charge in [0.1, 0.15) is 11.6 Å². The summed E-state index contributed by atoms with van der Waals surface area (Å²) in [6.07, 6.45) is 3.05. The number of hydrogen-bond acceptors (Lipinski definition) is 3. The first-order valence-electron chi connectivity index (χ1n) is 6.06. The van der Waals surface area contributed by atoms with Crippen molar-refractivity contribution in [2.24, 2.45) is 0 Å². The van der Waals surface area contributed by atoms with Crippen LogP contribution >= 0.6 is 15.9 Å². The van der Waals surface area contributed by atoms with Gasteiger partial charge in [-0.05, 0) is 36.8 Å². The molecule has 106 valence electrons. The van der Waals surface area contributed by atoms with Crippen LogP contribution in [-0.4, -0.2) is 12.5 Å². The number of hydroxylamine groups is 1. The third kappa shape index (κ3) is 4.47. The number of hydrogen-bond donors (Lipinski definition) is 1. The molecule has 0 aliphatic heterocycles. The third-order valence-corrected chi connectivity index (χ3v) is 3.00. The molecule has 0 aliphatic carbocycles. The Balaban J connectivity index is 1.72. The van der Waals surface area contributed by atoms with E-state index < -0.39 is 11.7 Å². The molecule has 0 fully saturated rings. The van der Waals surface area contributed by atoms with Crippen molar-refractivity contribution in [3.63, 3.8) is 0 Å². The number of aryl methyl sites for hydroxylation is 1. The average molecular weight is 342 g/mol. The van der Waals surface area contributed by atoms with Crippen LogP contribution in [0, 0.1) is 5.82 Å². The van der Waals surface area contributed by atoms with E-state index in [9.17, 15) is 9.18 Å². The summed E-state index contributed by atoms with van der Waals surface area (Å²) in [5.41, 5.74) is 2.47. The van der Waals surface area contributed by atoms with Crippen LogP contribution in [0.15, 0.2) is 45.5 Å². The molecular formula is C14H13BrFNO3. The lowest BCUT2D eigenvalue weighted by molar-refractivity contribution is 0.0301. The molecule has 0 radical (unpaired) electrons. The first-order chi connectivity index (χ1) is 9.65. The van der Waals surface area contributed by atoms with E-state index in [2.05, 4.69) is 21.4 Å². The number of furan rings is 1. The van der Waals surface area contributed by atoms with Gasteiger partial charge in [0.25, 0.3) is 5.91 Å². The molecule has 0 saturated carbocycles. The maximum Gasteiger partial charge on any atom is 0.274 e. The minimum absolute atomic E-state index is 0.197. The van der Waals surface area contributed by atoms with Crippen LogP contribution in [0.25, 0.3) is 0 Å². The predicted octanol–water partition coefficient (Wildman–Crippen LogP) is 3.48.